The van der Waals surface area contributed by atoms with Crippen molar-refractivity contribution in [1.82, 2.24) is 3.97 Å². The van der Waals surface area contributed by atoms with Crippen LogP contribution >= 0.6 is 22.6 Å². The second kappa shape index (κ2) is 7.60. The minimum Gasteiger partial charge on any atom is -0.423 e. The van der Waals surface area contributed by atoms with Gasteiger partial charge in [-0.15, -0.1) is 0 Å². The second-order valence-corrected chi connectivity index (χ2v) is 9.94. The molecule has 5 nitrogen and oxygen atoms in total. The van der Waals surface area contributed by atoms with Gasteiger partial charge in [0.15, 0.2) is 0 Å². The molecule has 0 atom stereocenters. The Labute approximate surface area is 182 Å². The fourth-order valence-corrected chi connectivity index (χ4v) is 6.38. The van der Waals surface area contributed by atoms with Crippen molar-refractivity contribution < 1.29 is 12.8 Å². The van der Waals surface area contributed by atoms with Crippen LogP contribution in [-0.2, 0) is 16.4 Å². The van der Waals surface area contributed by atoms with Crippen molar-refractivity contribution in [1.29, 1.82) is 0 Å². The second-order valence-electron chi connectivity index (χ2n) is 7.07. The topological polar surface area (TPSA) is 69.3 Å². The lowest BCUT2D eigenvalue weighted by atomic mass is 10.1. The Balaban J connectivity index is 2.10. The fourth-order valence-electron chi connectivity index (χ4n) is 3.56. The standard InChI is InChI=1S/C22H20INO4S/c1-3-4-5-18-22(23)21-16-10-13-20(25)28-19(16)12-11-17(21)24(18)29(26,27)15-8-6-14(2)7-9-15/h6-13H,3-5H2,1-2H3. The van der Waals surface area contributed by atoms with Crippen LogP contribution in [0.2, 0.25) is 0 Å². The summed E-state index contributed by atoms with van der Waals surface area (Å²) in [6.07, 6.45) is 2.48. The number of rotatable bonds is 5. The highest BCUT2D eigenvalue weighted by molar-refractivity contribution is 14.1. The lowest BCUT2D eigenvalue weighted by Crippen LogP contribution is -2.16. The molecule has 0 bridgehead atoms. The lowest BCUT2D eigenvalue weighted by Gasteiger charge is -2.12. The molecule has 0 saturated heterocycles. The van der Waals surface area contributed by atoms with Crippen LogP contribution in [0, 0.1) is 10.5 Å². The number of unbranched alkanes of at least 4 members (excludes halogenated alkanes) is 1. The third kappa shape index (κ3) is 3.40. The first-order valence-corrected chi connectivity index (χ1v) is 11.9. The largest absolute Gasteiger partial charge is 0.423 e. The van der Waals surface area contributed by atoms with Crippen LogP contribution in [-0.4, -0.2) is 12.4 Å². The highest BCUT2D eigenvalue weighted by Crippen LogP contribution is 2.36. The Kier molecular flexibility index (Phi) is 5.29. The van der Waals surface area contributed by atoms with E-state index in [1.807, 2.05) is 6.92 Å². The molecule has 150 valence electrons. The molecule has 29 heavy (non-hydrogen) atoms. The highest BCUT2D eigenvalue weighted by Gasteiger charge is 2.27. The average molecular weight is 521 g/mol. The maximum absolute atomic E-state index is 13.6. The number of benzene rings is 2. The molecule has 0 N–H and O–H groups in total. The zero-order valence-corrected chi connectivity index (χ0v) is 19.1. The van der Waals surface area contributed by atoms with Gasteiger partial charge in [-0.3, -0.25) is 0 Å². The summed E-state index contributed by atoms with van der Waals surface area (Å²) in [7, 11) is -3.78. The molecule has 0 spiro atoms. The first-order valence-electron chi connectivity index (χ1n) is 9.42. The Hall–Kier alpha value is -2.13. The molecule has 2 aromatic heterocycles. The Morgan fingerprint density at radius 2 is 1.76 bits per heavy atom. The first kappa shape index (κ1) is 20.2. The van der Waals surface area contributed by atoms with Gasteiger partial charge in [0.25, 0.3) is 10.0 Å². The Bertz CT molecular complexity index is 1380. The summed E-state index contributed by atoms with van der Waals surface area (Å²) in [4.78, 5) is 11.9. The number of aromatic nitrogens is 1. The molecular weight excluding hydrogens is 501 g/mol. The summed E-state index contributed by atoms with van der Waals surface area (Å²) in [5, 5.41) is 1.54. The van der Waals surface area contributed by atoms with Gasteiger partial charge in [-0.05, 0) is 72.7 Å². The summed E-state index contributed by atoms with van der Waals surface area (Å²) in [5.74, 6) is 0. The molecule has 0 amide bonds. The van der Waals surface area contributed by atoms with Crippen molar-refractivity contribution in [2.75, 3.05) is 0 Å². The van der Waals surface area contributed by atoms with Gasteiger partial charge in [-0.2, -0.15) is 0 Å². The molecule has 4 rings (SSSR count). The minimum atomic E-state index is -3.78. The molecule has 0 aliphatic heterocycles. The molecule has 0 unspecified atom stereocenters. The number of hydrogen-bond acceptors (Lipinski definition) is 4. The Morgan fingerprint density at radius 1 is 1.03 bits per heavy atom. The molecule has 2 heterocycles. The number of aryl methyl sites for hydroxylation is 1. The summed E-state index contributed by atoms with van der Waals surface area (Å²) in [5.41, 5.74) is 2.40. The smallest absolute Gasteiger partial charge is 0.336 e. The number of hydrogen-bond donors (Lipinski definition) is 0. The molecule has 0 fully saturated rings. The van der Waals surface area contributed by atoms with E-state index in [4.69, 9.17) is 4.42 Å². The van der Waals surface area contributed by atoms with Gasteiger partial charge in [0.2, 0.25) is 0 Å². The predicted molar refractivity (Wildman–Crippen MR) is 123 cm³/mol. The van der Waals surface area contributed by atoms with Crippen LogP contribution in [0.3, 0.4) is 0 Å². The van der Waals surface area contributed by atoms with Gasteiger partial charge in [-0.25, -0.2) is 17.2 Å². The number of nitrogens with zero attached hydrogens (tertiary/aromatic N) is 1. The van der Waals surface area contributed by atoms with Crippen LogP contribution in [0.4, 0.5) is 0 Å². The van der Waals surface area contributed by atoms with E-state index in [9.17, 15) is 13.2 Å². The van der Waals surface area contributed by atoms with Crippen LogP contribution in [0.5, 0.6) is 0 Å². The molecule has 7 heteroatoms. The lowest BCUT2D eigenvalue weighted by molar-refractivity contribution is 0.561. The average Bonchev–Trinajstić information content (AvgIpc) is 2.99. The fraction of sp³-hybridized carbons (Fsp3) is 0.227. The van der Waals surface area contributed by atoms with Crippen molar-refractivity contribution in [3.63, 3.8) is 0 Å². The molecule has 0 radical (unpaired) electrons. The molecule has 0 aliphatic carbocycles. The summed E-state index contributed by atoms with van der Waals surface area (Å²) < 4.78 is 34.9. The van der Waals surface area contributed by atoms with Crippen molar-refractivity contribution in [2.24, 2.45) is 0 Å². The monoisotopic (exact) mass is 521 g/mol. The summed E-state index contributed by atoms with van der Waals surface area (Å²) in [6.45, 7) is 4.01. The molecular formula is C22H20INO4S. The maximum Gasteiger partial charge on any atom is 0.336 e. The zero-order valence-electron chi connectivity index (χ0n) is 16.1. The summed E-state index contributed by atoms with van der Waals surface area (Å²) >= 11 is 2.22. The van der Waals surface area contributed by atoms with Crippen LogP contribution in [0.15, 0.2) is 62.6 Å². The maximum atomic E-state index is 13.6. The van der Waals surface area contributed by atoms with Gasteiger partial charge in [0, 0.05) is 26.1 Å². The van der Waals surface area contributed by atoms with E-state index in [0.717, 1.165) is 38.4 Å². The SMILES string of the molecule is CCCCc1c(I)c2c3ccc(=O)oc3ccc2n1S(=O)(=O)c1ccc(C)cc1. The van der Waals surface area contributed by atoms with E-state index in [1.54, 1.807) is 42.5 Å². The third-order valence-electron chi connectivity index (χ3n) is 5.04. The van der Waals surface area contributed by atoms with E-state index in [0.29, 0.717) is 17.5 Å². The van der Waals surface area contributed by atoms with E-state index >= 15 is 0 Å². The number of halogens is 1. The van der Waals surface area contributed by atoms with Crippen LogP contribution < -0.4 is 5.63 Å². The molecule has 4 aromatic rings. The zero-order chi connectivity index (χ0) is 20.8. The summed E-state index contributed by atoms with van der Waals surface area (Å²) in [6, 6.07) is 13.4. The Morgan fingerprint density at radius 3 is 2.45 bits per heavy atom. The molecule has 2 aromatic carbocycles. The highest BCUT2D eigenvalue weighted by atomic mass is 127. The number of fused-ring (bicyclic) bond motifs is 3. The molecule has 0 saturated carbocycles. The molecule has 0 aliphatic rings. The van der Waals surface area contributed by atoms with E-state index in [2.05, 4.69) is 29.5 Å². The first-order chi connectivity index (χ1) is 13.8. The van der Waals surface area contributed by atoms with E-state index in [1.165, 1.54) is 10.0 Å². The van der Waals surface area contributed by atoms with Crippen molar-refractivity contribution in [3.05, 3.63) is 73.8 Å². The van der Waals surface area contributed by atoms with Crippen molar-refractivity contribution >= 4 is 54.5 Å². The van der Waals surface area contributed by atoms with Gasteiger partial charge in [-0.1, -0.05) is 31.0 Å². The van der Waals surface area contributed by atoms with Crippen LogP contribution in [0.25, 0.3) is 21.9 Å². The van der Waals surface area contributed by atoms with Gasteiger partial charge in [0.1, 0.15) is 5.58 Å². The van der Waals surface area contributed by atoms with E-state index < -0.39 is 15.6 Å². The quantitative estimate of drug-likeness (QED) is 0.266. The van der Waals surface area contributed by atoms with Crippen molar-refractivity contribution in [2.45, 2.75) is 38.0 Å². The van der Waals surface area contributed by atoms with Crippen molar-refractivity contribution in [3.8, 4) is 0 Å². The van der Waals surface area contributed by atoms with Gasteiger partial charge < -0.3 is 4.42 Å². The van der Waals surface area contributed by atoms with Gasteiger partial charge >= 0.3 is 5.63 Å². The third-order valence-corrected chi connectivity index (χ3v) is 7.97. The normalized spacial score (nSPS) is 12.1. The minimum absolute atomic E-state index is 0.258. The van der Waals surface area contributed by atoms with Gasteiger partial charge in [0.05, 0.1) is 10.4 Å². The predicted octanol–water partition coefficient (Wildman–Crippen LogP) is 5.24. The van der Waals surface area contributed by atoms with Crippen LogP contribution in [0.1, 0.15) is 31.0 Å². The van der Waals surface area contributed by atoms with E-state index in [-0.39, 0.29) is 4.90 Å².